The van der Waals surface area contributed by atoms with Crippen LogP contribution in [0.1, 0.15) is 58.8 Å². The van der Waals surface area contributed by atoms with Gasteiger partial charge in [-0.15, -0.1) is 0 Å². The minimum atomic E-state index is -1.67. The lowest BCUT2D eigenvalue weighted by Gasteiger charge is -2.26. The van der Waals surface area contributed by atoms with Gasteiger partial charge in [0, 0.05) is 6.54 Å². The van der Waals surface area contributed by atoms with Crippen LogP contribution in [-0.2, 0) is 24.0 Å². The summed E-state index contributed by atoms with van der Waals surface area (Å²) in [6.45, 7) is 4.25. The van der Waals surface area contributed by atoms with E-state index in [9.17, 15) is 29.1 Å². The molecule has 0 heterocycles. The predicted molar refractivity (Wildman–Crippen MR) is 136 cm³/mol. The number of carboxylic acid groups (broad SMARTS) is 2. The summed E-state index contributed by atoms with van der Waals surface area (Å²) in [6, 6.07) is -4.79. The maximum Gasteiger partial charge on any atom is 0.326 e. The molecule has 0 saturated carbocycles. The van der Waals surface area contributed by atoms with Crippen LogP contribution in [0.2, 0.25) is 0 Å². The van der Waals surface area contributed by atoms with Gasteiger partial charge in [0.05, 0.1) is 12.5 Å². The van der Waals surface area contributed by atoms with E-state index in [1.54, 1.807) is 13.8 Å². The molecule has 37 heavy (non-hydrogen) atoms. The second-order valence-electron chi connectivity index (χ2n) is 9.09. The number of hydrogen-bond donors (Lipinski definition) is 9. The van der Waals surface area contributed by atoms with Crippen molar-refractivity contribution >= 4 is 35.6 Å². The number of rotatable bonds is 19. The molecule has 0 aromatic carbocycles. The lowest BCUT2D eigenvalue weighted by atomic mass is 10.0. The van der Waals surface area contributed by atoms with Gasteiger partial charge >= 0.3 is 11.9 Å². The molecule has 0 saturated heterocycles. The maximum atomic E-state index is 13.1. The second-order valence-corrected chi connectivity index (χ2v) is 9.09. The third-order valence-corrected chi connectivity index (χ3v) is 5.22. The van der Waals surface area contributed by atoms with Gasteiger partial charge < -0.3 is 49.1 Å². The fourth-order valence-electron chi connectivity index (χ4n) is 3.31. The smallest absolute Gasteiger partial charge is 0.326 e. The van der Waals surface area contributed by atoms with Gasteiger partial charge in [0.15, 0.2) is 5.96 Å². The molecule has 13 N–H and O–H groups in total. The van der Waals surface area contributed by atoms with E-state index < -0.39 is 60.2 Å². The first-order chi connectivity index (χ1) is 17.3. The van der Waals surface area contributed by atoms with Crippen LogP contribution in [0.5, 0.6) is 0 Å². The molecule has 0 aliphatic heterocycles. The van der Waals surface area contributed by atoms with Crippen LogP contribution in [0.25, 0.3) is 0 Å². The van der Waals surface area contributed by atoms with Crippen molar-refractivity contribution in [1.29, 1.82) is 0 Å². The van der Waals surface area contributed by atoms with Gasteiger partial charge in [-0.25, -0.2) is 4.79 Å². The minimum Gasteiger partial charge on any atom is -0.481 e. The zero-order valence-corrected chi connectivity index (χ0v) is 21.4. The number of nitrogens with one attached hydrogen (secondary N) is 3. The van der Waals surface area contributed by atoms with Crippen LogP contribution >= 0.6 is 0 Å². The number of aliphatic imine (C=N–C) groups is 1. The van der Waals surface area contributed by atoms with Crippen LogP contribution in [0.15, 0.2) is 4.99 Å². The van der Waals surface area contributed by atoms with Crippen molar-refractivity contribution in [3.63, 3.8) is 0 Å². The van der Waals surface area contributed by atoms with E-state index >= 15 is 0 Å². The van der Waals surface area contributed by atoms with Crippen LogP contribution in [0.3, 0.4) is 0 Å². The van der Waals surface area contributed by atoms with E-state index in [0.29, 0.717) is 25.8 Å². The Bertz CT molecular complexity index is 802. The molecule has 3 amide bonds. The van der Waals surface area contributed by atoms with Gasteiger partial charge in [-0.2, -0.15) is 0 Å². The Morgan fingerprint density at radius 3 is 1.89 bits per heavy atom. The highest BCUT2D eigenvalue weighted by atomic mass is 16.4. The molecular formula is C22H42N8O7. The lowest BCUT2D eigenvalue weighted by Crippen LogP contribution is -2.57. The standard InChI is InChI=1S/C22H42N8O7/c1-12(2)10-15(20(35)30-16(21(36)37)11-17(31)32)29-19(34)14(7-3-4-8-23)28-18(33)13(24)6-5-9-27-22(25)26/h12-16H,3-11,23-24H2,1-2H3,(H,28,33)(H,29,34)(H,30,35)(H,31,32)(H,36,37)(H4,25,26,27). The normalized spacial score (nSPS) is 14.1. The monoisotopic (exact) mass is 530 g/mol. The molecule has 0 aliphatic rings. The van der Waals surface area contributed by atoms with Gasteiger partial charge in [0.1, 0.15) is 18.1 Å². The Hall–Kier alpha value is -3.46. The summed E-state index contributed by atoms with van der Waals surface area (Å²) in [5.74, 6) is -5.17. The minimum absolute atomic E-state index is 0.0766. The molecule has 0 bridgehead atoms. The maximum absolute atomic E-state index is 13.1. The first kappa shape index (κ1) is 33.5. The molecule has 0 radical (unpaired) electrons. The van der Waals surface area contributed by atoms with E-state index in [1.165, 1.54) is 0 Å². The summed E-state index contributed by atoms with van der Waals surface area (Å²) in [4.78, 5) is 64.6. The first-order valence-electron chi connectivity index (χ1n) is 12.1. The zero-order chi connectivity index (χ0) is 28.5. The Kier molecular flexibility index (Phi) is 16.2. The number of carbonyl (C=O) groups excluding carboxylic acids is 3. The molecule has 15 heteroatoms. The van der Waals surface area contributed by atoms with Crippen LogP contribution in [0, 0.1) is 5.92 Å². The van der Waals surface area contributed by atoms with Crippen molar-refractivity contribution in [2.24, 2.45) is 33.8 Å². The van der Waals surface area contributed by atoms with Gasteiger partial charge in [-0.05, 0) is 51.0 Å². The Morgan fingerprint density at radius 2 is 1.38 bits per heavy atom. The number of nitrogens with two attached hydrogens (primary N) is 4. The molecule has 212 valence electrons. The number of hydrogen-bond acceptors (Lipinski definition) is 8. The SMILES string of the molecule is CC(C)CC(NC(=O)C(CCCCN)NC(=O)C(N)CCCN=C(N)N)C(=O)NC(CC(=O)O)C(=O)O. The Balaban J connectivity index is 5.45. The fourth-order valence-corrected chi connectivity index (χ4v) is 3.31. The van der Waals surface area contributed by atoms with Crippen molar-refractivity contribution in [1.82, 2.24) is 16.0 Å². The summed E-state index contributed by atoms with van der Waals surface area (Å²) in [5, 5.41) is 25.5. The quantitative estimate of drug-likeness (QED) is 0.0480. The molecule has 0 rings (SSSR count). The Morgan fingerprint density at radius 1 is 0.811 bits per heavy atom. The number of guanidine groups is 1. The van der Waals surface area contributed by atoms with Crippen molar-refractivity contribution in [2.45, 2.75) is 83.0 Å². The number of carbonyl (C=O) groups is 5. The first-order valence-corrected chi connectivity index (χ1v) is 12.1. The van der Waals surface area contributed by atoms with E-state index in [4.69, 9.17) is 28.0 Å². The topological polar surface area (TPSA) is 278 Å². The number of aliphatic carboxylic acids is 2. The van der Waals surface area contributed by atoms with Crippen molar-refractivity contribution in [2.75, 3.05) is 13.1 Å². The van der Waals surface area contributed by atoms with Crippen molar-refractivity contribution < 1.29 is 34.2 Å². The highest BCUT2D eigenvalue weighted by molar-refractivity contribution is 5.94. The summed E-state index contributed by atoms with van der Waals surface area (Å²) in [5.41, 5.74) is 22.0. The zero-order valence-electron chi connectivity index (χ0n) is 21.4. The van der Waals surface area contributed by atoms with Crippen molar-refractivity contribution in [3.05, 3.63) is 0 Å². The third-order valence-electron chi connectivity index (χ3n) is 5.22. The van der Waals surface area contributed by atoms with Gasteiger partial charge in [-0.3, -0.25) is 24.2 Å². The average Bonchev–Trinajstić information content (AvgIpc) is 2.79. The molecule has 0 spiro atoms. The molecule has 0 aromatic heterocycles. The van der Waals surface area contributed by atoms with E-state index in [0.717, 1.165) is 0 Å². The van der Waals surface area contributed by atoms with Gasteiger partial charge in [-0.1, -0.05) is 13.8 Å². The molecule has 0 aromatic rings. The van der Waals surface area contributed by atoms with E-state index in [2.05, 4.69) is 20.9 Å². The van der Waals surface area contributed by atoms with Gasteiger partial charge in [0.2, 0.25) is 17.7 Å². The molecule has 4 unspecified atom stereocenters. The largest absolute Gasteiger partial charge is 0.481 e. The molecule has 0 fully saturated rings. The summed E-state index contributed by atoms with van der Waals surface area (Å²) in [6.07, 6.45) is 1.34. The molecule has 15 nitrogen and oxygen atoms in total. The fraction of sp³-hybridized carbons (Fsp3) is 0.727. The van der Waals surface area contributed by atoms with Gasteiger partial charge in [0.25, 0.3) is 0 Å². The summed E-state index contributed by atoms with van der Waals surface area (Å²) in [7, 11) is 0. The number of amides is 3. The lowest BCUT2D eigenvalue weighted by molar-refractivity contribution is -0.147. The highest BCUT2D eigenvalue weighted by Gasteiger charge is 2.31. The number of nitrogens with zero attached hydrogens (tertiary/aromatic N) is 1. The third kappa shape index (κ3) is 15.3. The van der Waals surface area contributed by atoms with E-state index in [-0.39, 0.29) is 37.7 Å². The summed E-state index contributed by atoms with van der Waals surface area (Å²) < 4.78 is 0. The molecular weight excluding hydrogens is 488 g/mol. The van der Waals surface area contributed by atoms with E-state index in [1.807, 2.05) is 0 Å². The number of carboxylic acids is 2. The highest BCUT2D eigenvalue weighted by Crippen LogP contribution is 2.09. The van der Waals surface area contributed by atoms with Crippen LogP contribution in [0.4, 0.5) is 0 Å². The Labute approximate surface area is 216 Å². The second kappa shape index (κ2) is 17.9. The molecule has 0 aliphatic carbocycles. The number of unbranched alkanes of at least 4 members (excludes halogenated alkanes) is 1. The van der Waals surface area contributed by atoms with Crippen LogP contribution < -0.4 is 38.9 Å². The summed E-state index contributed by atoms with van der Waals surface area (Å²) >= 11 is 0. The average molecular weight is 531 g/mol. The molecule has 4 atom stereocenters. The van der Waals surface area contributed by atoms with Crippen LogP contribution in [-0.4, -0.2) is 83.1 Å². The predicted octanol–water partition coefficient (Wildman–Crippen LogP) is -2.44. The van der Waals surface area contributed by atoms with Crippen molar-refractivity contribution in [3.8, 4) is 0 Å².